The lowest BCUT2D eigenvalue weighted by atomic mass is 10.00. The first kappa shape index (κ1) is 9.53. The molecule has 0 bridgehead atoms. The minimum Gasteiger partial charge on any atom is -0.378 e. The number of ether oxygens (including phenoxy) is 1. The molecule has 0 saturated carbocycles. The minimum atomic E-state index is 0.567. The van der Waals surface area contributed by atoms with Crippen molar-refractivity contribution in [1.29, 1.82) is 0 Å². The van der Waals surface area contributed by atoms with Crippen LogP contribution in [0, 0.1) is 5.92 Å². The van der Waals surface area contributed by atoms with Gasteiger partial charge in [0.15, 0.2) is 0 Å². The van der Waals surface area contributed by atoms with Crippen LogP contribution in [0.15, 0.2) is 0 Å². The van der Waals surface area contributed by atoms with Crippen LogP contribution in [0.5, 0.6) is 0 Å². The Bertz CT molecular complexity index is 95.7. The molecule has 66 valence electrons. The molecule has 2 atom stereocenters. The average molecular weight is 221 g/mol. The second kappa shape index (κ2) is 5.15. The summed E-state index contributed by atoms with van der Waals surface area (Å²) in [6.45, 7) is 3.24. The van der Waals surface area contributed by atoms with Gasteiger partial charge in [-0.1, -0.05) is 29.3 Å². The largest absolute Gasteiger partial charge is 0.378 e. The molecule has 0 radical (unpaired) electrons. The van der Waals surface area contributed by atoms with E-state index in [-0.39, 0.29) is 0 Å². The molecule has 0 N–H and O–H groups in total. The molecule has 1 heterocycles. The highest BCUT2D eigenvalue weighted by Gasteiger charge is 2.18. The van der Waals surface area contributed by atoms with Crippen molar-refractivity contribution in [2.45, 2.75) is 38.7 Å². The predicted octanol–water partition coefficient (Wildman–Crippen LogP) is 2.98. The Morgan fingerprint density at radius 1 is 1.64 bits per heavy atom. The van der Waals surface area contributed by atoms with Crippen LogP contribution in [0.4, 0.5) is 0 Å². The third-order valence-electron chi connectivity index (χ3n) is 2.42. The lowest BCUT2D eigenvalue weighted by Crippen LogP contribution is -2.13. The maximum atomic E-state index is 5.57. The van der Waals surface area contributed by atoms with Gasteiger partial charge in [0.2, 0.25) is 0 Å². The normalized spacial score (nSPS) is 27.3. The van der Waals surface area contributed by atoms with Crippen LogP contribution in [0.25, 0.3) is 0 Å². The molecule has 1 fully saturated rings. The summed E-state index contributed by atoms with van der Waals surface area (Å²) in [7, 11) is 0. The first-order chi connectivity index (χ1) is 5.36. The van der Waals surface area contributed by atoms with Gasteiger partial charge < -0.3 is 4.74 Å². The van der Waals surface area contributed by atoms with Crippen molar-refractivity contribution in [3.05, 3.63) is 0 Å². The van der Waals surface area contributed by atoms with E-state index in [2.05, 4.69) is 22.9 Å². The van der Waals surface area contributed by atoms with Crippen LogP contribution in [-0.2, 0) is 4.74 Å². The summed E-state index contributed by atoms with van der Waals surface area (Å²) in [4.78, 5) is 0. The van der Waals surface area contributed by atoms with E-state index in [9.17, 15) is 0 Å². The van der Waals surface area contributed by atoms with Crippen LogP contribution in [0.3, 0.4) is 0 Å². The molecule has 0 aromatic rings. The van der Waals surface area contributed by atoms with Gasteiger partial charge in [-0.15, -0.1) is 0 Å². The number of rotatable bonds is 4. The Morgan fingerprint density at radius 2 is 2.45 bits per heavy atom. The lowest BCUT2D eigenvalue weighted by Gasteiger charge is -2.15. The molecule has 1 aliphatic heterocycles. The lowest BCUT2D eigenvalue weighted by molar-refractivity contribution is 0.0920. The monoisotopic (exact) mass is 220 g/mol. The third-order valence-corrected chi connectivity index (χ3v) is 3.33. The molecule has 1 nitrogen and oxygen atoms in total. The number of hydrogen-bond acceptors (Lipinski definition) is 1. The van der Waals surface area contributed by atoms with Crippen molar-refractivity contribution in [2.75, 3.05) is 11.9 Å². The van der Waals surface area contributed by atoms with Gasteiger partial charge in [0, 0.05) is 11.9 Å². The fraction of sp³-hybridized carbons (Fsp3) is 1.00. The van der Waals surface area contributed by atoms with Gasteiger partial charge in [-0.2, -0.15) is 0 Å². The summed E-state index contributed by atoms with van der Waals surface area (Å²) in [5, 5.41) is 1.13. The van der Waals surface area contributed by atoms with Crippen LogP contribution in [0.1, 0.15) is 32.6 Å². The first-order valence-corrected chi connectivity index (χ1v) is 5.66. The summed E-state index contributed by atoms with van der Waals surface area (Å²) in [6, 6.07) is 0. The summed E-state index contributed by atoms with van der Waals surface area (Å²) in [5.41, 5.74) is 0. The van der Waals surface area contributed by atoms with E-state index < -0.39 is 0 Å². The molecular weight excluding hydrogens is 204 g/mol. The molecule has 0 amide bonds. The van der Waals surface area contributed by atoms with Gasteiger partial charge in [0.1, 0.15) is 0 Å². The van der Waals surface area contributed by atoms with Gasteiger partial charge in [0.25, 0.3) is 0 Å². The fourth-order valence-electron chi connectivity index (χ4n) is 1.54. The zero-order valence-electron chi connectivity index (χ0n) is 7.18. The van der Waals surface area contributed by atoms with Crippen molar-refractivity contribution >= 4 is 15.9 Å². The van der Waals surface area contributed by atoms with Gasteiger partial charge in [-0.05, 0) is 25.2 Å². The maximum Gasteiger partial charge on any atom is 0.0578 e. The number of hydrogen-bond donors (Lipinski definition) is 0. The van der Waals surface area contributed by atoms with Crippen molar-refractivity contribution < 1.29 is 4.74 Å². The SMILES string of the molecule is CCC(CBr)C[C@H]1CCCO1. The molecule has 1 aliphatic rings. The Morgan fingerprint density at radius 3 is 2.91 bits per heavy atom. The van der Waals surface area contributed by atoms with Crippen LogP contribution in [-0.4, -0.2) is 18.0 Å². The van der Waals surface area contributed by atoms with E-state index in [1.165, 1.54) is 25.7 Å². The fourth-order valence-corrected chi connectivity index (χ4v) is 2.26. The van der Waals surface area contributed by atoms with Crippen LogP contribution < -0.4 is 0 Å². The first-order valence-electron chi connectivity index (χ1n) is 4.54. The van der Waals surface area contributed by atoms with Crippen molar-refractivity contribution in [3.63, 3.8) is 0 Å². The molecule has 0 spiro atoms. The summed E-state index contributed by atoms with van der Waals surface area (Å²) >= 11 is 3.53. The van der Waals surface area contributed by atoms with E-state index in [1.807, 2.05) is 0 Å². The second-order valence-corrected chi connectivity index (χ2v) is 3.95. The third kappa shape index (κ3) is 3.12. The standard InChI is InChI=1S/C9H17BrO/c1-2-8(7-10)6-9-4-3-5-11-9/h8-9H,2-7H2,1H3/t8?,9-/m1/s1. The highest BCUT2D eigenvalue weighted by atomic mass is 79.9. The molecular formula is C9H17BrO. The van der Waals surface area contributed by atoms with E-state index in [0.29, 0.717) is 6.10 Å². The van der Waals surface area contributed by atoms with Gasteiger partial charge in [-0.3, -0.25) is 0 Å². The predicted molar refractivity (Wildman–Crippen MR) is 51.2 cm³/mol. The number of alkyl halides is 1. The smallest absolute Gasteiger partial charge is 0.0578 e. The summed E-state index contributed by atoms with van der Waals surface area (Å²) in [5.74, 6) is 0.818. The summed E-state index contributed by atoms with van der Waals surface area (Å²) < 4.78 is 5.57. The molecule has 0 aliphatic carbocycles. The van der Waals surface area contributed by atoms with Gasteiger partial charge in [-0.25, -0.2) is 0 Å². The Balaban J connectivity index is 2.16. The van der Waals surface area contributed by atoms with Crippen LogP contribution in [0.2, 0.25) is 0 Å². The van der Waals surface area contributed by atoms with Gasteiger partial charge in [0.05, 0.1) is 6.10 Å². The zero-order valence-corrected chi connectivity index (χ0v) is 8.77. The van der Waals surface area contributed by atoms with Crippen molar-refractivity contribution in [3.8, 4) is 0 Å². The van der Waals surface area contributed by atoms with E-state index >= 15 is 0 Å². The quantitative estimate of drug-likeness (QED) is 0.663. The number of halogens is 1. The topological polar surface area (TPSA) is 9.23 Å². The Hall–Kier alpha value is 0.440. The molecule has 0 aromatic carbocycles. The van der Waals surface area contributed by atoms with E-state index in [4.69, 9.17) is 4.74 Å². The molecule has 1 saturated heterocycles. The van der Waals surface area contributed by atoms with Crippen molar-refractivity contribution in [1.82, 2.24) is 0 Å². The average Bonchev–Trinajstić information content (AvgIpc) is 2.52. The molecule has 1 rings (SSSR count). The Kier molecular flexibility index (Phi) is 4.46. The van der Waals surface area contributed by atoms with E-state index in [1.54, 1.807) is 0 Å². The maximum absolute atomic E-state index is 5.57. The second-order valence-electron chi connectivity index (χ2n) is 3.30. The molecule has 2 heteroatoms. The minimum absolute atomic E-state index is 0.567. The molecule has 11 heavy (non-hydrogen) atoms. The van der Waals surface area contributed by atoms with E-state index in [0.717, 1.165) is 17.9 Å². The highest BCUT2D eigenvalue weighted by Crippen LogP contribution is 2.22. The van der Waals surface area contributed by atoms with Gasteiger partial charge >= 0.3 is 0 Å². The molecule has 1 unspecified atom stereocenters. The summed E-state index contributed by atoms with van der Waals surface area (Å²) in [6.07, 6.45) is 5.64. The van der Waals surface area contributed by atoms with Crippen molar-refractivity contribution in [2.24, 2.45) is 5.92 Å². The zero-order chi connectivity index (χ0) is 8.10. The molecule has 0 aromatic heterocycles. The van der Waals surface area contributed by atoms with Crippen LogP contribution >= 0.6 is 15.9 Å². The highest BCUT2D eigenvalue weighted by molar-refractivity contribution is 9.09. The Labute approximate surface area is 77.6 Å².